The van der Waals surface area contributed by atoms with Gasteiger partial charge in [0, 0.05) is 15.7 Å². The highest BCUT2D eigenvalue weighted by Crippen LogP contribution is 2.40. The second-order valence-corrected chi connectivity index (χ2v) is 10.8. The lowest BCUT2D eigenvalue weighted by atomic mass is 10.0. The average Bonchev–Trinajstić information content (AvgIpc) is 3.09. The number of hydrogen-bond donors (Lipinski definition) is 2. The molecule has 42 heavy (non-hydrogen) atoms. The van der Waals surface area contributed by atoms with E-state index in [1.54, 1.807) is 12.0 Å². The maximum absolute atomic E-state index is 14.5. The highest BCUT2D eigenvalue weighted by molar-refractivity contribution is 9.10. The Balaban J connectivity index is 1.69. The van der Waals surface area contributed by atoms with Gasteiger partial charge in [0.25, 0.3) is 11.8 Å². The number of hydrogen-bond acceptors (Lipinski definition) is 5. The lowest BCUT2D eigenvalue weighted by molar-refractivity contribution is -0.134. The molecule has 8 nitrogen and oxygen atoms in total. The van der Waals surface area contributed by atoms with Crippen molar-refractivity contribution in [2.24, 2.45) is 0 Å². The lowest BCUT2D eigenvalue weighted by Crippen LogP contribution is -2.58. The number of nitrogens with zero attached hydrogens (tertiary/aromatic N) is 2. The first-order valence-electron chi connectivity index (χ1n) is 14.0. The zero-order valence-corrected chi connectivity index (χ0v) is 25.4. The molecule has 1 heterocycles. The van der Waals surface area contributed by atoms with Crippen LogP contribution in [0.3, 0.4) is 0 Å². The number of para-hydroxylation sites is 3. The summed E-state index contributed by atoms with van der Waals surface area (Å²) < 4.78 is 6.67. The van der Waals surface area contributed by atoms with E-state index in [-0.39, 0.29) is 6.54 Å². The van der Waals surface area contributed by atoms with Crippen molar-refractivity contribution in [3.05, 3.63) is 95.0 Å². The molecule has 0 saturated carbocycles. The fraction of sp³-hybridized carbons (Fsp3) is 0.242. The van der Waals surface area contributed by atoms with Gasteiger partial charge in [0.15, 0.2) is 6.04 Å². The maximum atomic E-state index is 14.5. The summed E-state index contributed by atoms with van der Waals surface area (Å²) in [6, 6.07) is 24.2. The zero-order chi connectivity index (χ0) is 29.8. The number of halogens is 1. The molecule has 5 rings (SSSR count). The Bertz CT molecular complexity index is 1630. The van der Waals surface area contributed by atoms with Crippen LogP contribution in [0.25, 0.3) is 10.8 Å². The van der Waals surface area contributed by atoms with E-state index < -0.39 is 29.8 Å². The fourth-order valence-corrected chi connectivity index (χ4v) is 5.92. The van der Waals surface area contributed by atoms with E-state index in [4.69, 9.17) is 4.74 Å². The number of methoxy groups -OCH3 is 1. The molecule has 0 bridgehead atoms. The molecule has 0 saturated heterocycles. The first kappa shape index (κ1) is 29.3. The summed E-state index contributed by atoms with van der Waals surface area (Å²) in [5.74, 6) is -0.857. The average molecular weight is 630 g/mol. The number of amides is 3. The van der Waals surface area contributed by atoms with Crippen LogP contribution in [0.2, 0.25) is 0 Å². The second kappa shape index (κ2) is 12.8. The number of carbonyl (C=O) groups is 3. The van der Waals surface area contributed by atoms with Crippen molar-refractivity contribution in [2.75, 3.05) is 23.5 Å². The van der Waals surface area contributed by atoms with Gasteiger partial charge in [0.05, 0.1) is 31.1 Å². The van der Waals surface area contributed by atoms with Gasteiger partial charge >= 0.3 is 0 Å². The van der Waals surface area contributed by atoms with Gasteiger partial charge in [-0.1, -0.05) is 72.2 Å². The van der Waals surface area contributed by atoms with E-state index in [2.05, 4.69) is 26.6 Å². The third kappa shape index (κ3) is 5.49. The minimum absolute atomic E-state index is 0.111. The number of likely N-dealkylation sites (N-methyl/N-ethyl adjacent to an activating group) is 1. The molecule has 216 valence electrons. The van der Waals surface area contributed by atoms with Crippen LogP contribution in [-0.4, -0.2) is 43.5 Å². The van der Waals surface area contributed by atoms with Crippen molar-refractivity contribution in [3.8, 4) is 5.75 Å². The molecule has 4 aromatic carbocycles. The van der Waals surface area contributed by atoms with E-state index in [9.17, 15) is 14.4 Å². The summed E-state index contributed by atoms with van der Waals surface area (Å²) in [6.07, 6.45) is 0.503. The molecule has 2 N–H and O–H groups in total. The van der Waals surface area contributed by atoms with Crippen molar-refractivity contribution in [2.45, 2.75) is 38.9 Å². The number of carbonyl (C=O) groups excluding carboxylic acids is 3. The highest BCUT2D eigenvalue weighted by Gasteiger charge is 2.42. The number of ether oxygens (including phenoxy) is 1. The van der Waals surface area contributed by atoms with Gasteiger partial charge in [0.1, 0.15) is 5.75 Å². The van der Waals surface area contributed by atoms with E-state index in [1.165, 1.54) is 4.90 Å². The number of fused-ring (bicyclic) bond motifs is 2. The first-order valence-corrected chi connectivity index (χ1v) is 14.8. The molecule has 1 aliphatic heterocycles. The Morgan fingerprint density at radius 1 is 0.881 bits per heavy atom. The van der Waals surface area contributed by atoms with E-state index in [1.807, 2.05) is 98.8 Å². The quantitative estimate of drug-likeness (QED) is 0.232. The predicted molar refractivity (Wildman–Crippen MR) is 169 cm³/mol. The third-order valence-corrected chi connectivity index (χ3v) is 8.17. The van der Waals surface area contributed by atoms with Crippen LogP contribution >= 0.6 is 15.9 Å². The smallest absolute Gasteiger partial charge is 0.264 e. The molecule has 2 unspecified atom stereocenters. The van der Waals surface area contributed by atoms with Gasteiger partial charge in [-0.25, -0.2) is 0 Å². The summed E-state index contributed by atoms with van der Waals surface area (Å²) >= 11 is 3.64. The standard InChI is InChI=1S/C33H33BrN4O4/c1-4-26(35-5-2)31(39)36-30-32(40)37(20-24-22-14-11-15-25(34)23(22)18-19-29(24)42-3)27-16-9-10-17-28(27)38(33(30)41)21-12-7-6-8-13-21/h6-19,26,30,35H,4-5,20H2,1-3H3,(H,36,39). The van der Waals surface area contributed by atoms with Gasteiger partial charge in [-0.15, -0.1) is 0 Å². The zero-order valence-electron chi connectivity index (χ0n) is 23.8. The van der Waals surface area contributed by atoms with Crippen LogP contribution in [0.1, 0.15) is 25.8 Å². The number of anilines is 3. The summed E-state index contributed by atoms with van der Waals surface area (Å²) in [5, 5.41) is 7.80. The molecule has 3 amide bonds. The third-order valence-electron chi connectivity index (χ3n) is 7.48. The Morgan fingerprint density at radius 3 is 2.29 bits per heavy atom. The van der Waals surface area contributed by atoms with Crippen molar-refractivity contribution in [1.82, 2.24) is 10.6 Å². The molecule has 2 atom stereocenters. The van der Waals surface area contributed by atoms with Gasteiger partial charge < -0.3 is 20.3 Å². The summed E-state index contributed by atoms with van der Waals surface area (Å²) in [6.45, 7) is 4.47. The second-order valence-electron chi connectivity index (χ2n) is 9.96. The van der Waals surface area contributed by atoms with Crippen LogP contribution in [0.5, 0.6) is 5.75 Å². The predicted octanol–water partition coefficient (Wildman–Crippen LogP) is 5.70. The van der Waals surface area contributed by atoms with Crippen LogP contribution in [0.4, 0.5) is 17.1 Å². The van der Waals surface area contributed by atoms with Crippen LogP contribution in [-0.2, 0) is 20.9 Å². The molecule has 1 aliphatic rings. The van der Waals surface area contributed by atoms with Crippen molar-refractivity contribution in [1.29, 1.82) is 0 Å². The molecule has 0 spiro atoms. The molecular formula is C33H33BrN4O4. The number of rotatable bonds is 9. The summed E-state index contributed by atoms with van der Waals surface area (Å²) in [7, 11) is 1.59. The Kier molecular flexibility index (Phi) is 8.89. The van der Waals surface area contributed by atoms with Gasteiger partial charge in [-0.3, -0.25) is 19.3 Å². The van der Waals surface area contributed by atoms with E-state index in [0.717, 1.165) is 20.8 Å². The monoisotopic (exact) mass is 628 g/mol. The van der Waals surface area contributed by atoms with Crippen LogP contribution in [0, 0.1) is 0 Å². The minimum atomic E-state index is -1.45. The summed E-state index contributed by atoms with van der Waals surface area (Å²) in [5.41, 5.74) is 2.46. The lowest BCUT2D eigenvalue weighted by Gasteiger charge is -2.27. The molecule has 9 heteroatoms. The Labute approximate surface area is 253 Å². The minimum Gasteiger partial charge on any atom is -0.496 e. The highest BCUT2D eigenvalue weighted by atomic mass is 79.9. The Morgan fingerprint density at radius 2 is 1.60 bits per heavy atom. The number of benzene rings is 4. The van der Waals surface area contributed by atoms with Gasteiger partial charge in [-0.2, -0.15) is 0 Å². The maximum Gasteiger partial charge on any atom is 0.264 e. The molecular weight excluding hydrogens is 596 g/mol. The molecule has 0 fully saturated rings. The number of nitrogens with one attached hydrogen (secondary N) is 2. The molecule has 0 radical (unpaired) electrons. The van der Waals surface area contributed by atoms with Crippen molar-refractivity contribution < 1.29 is 19.1 Å². The summed E-state index contributed by atoms with van der Waals surface area (Å²) in [4.78, 5) is 45.3. The topological polar surface area (TPSA) is 91.0 Å². The van der Waals surface area contributed by atoms with E-state index >= 15 is 0 Å². The first-order chi connectivity index (χ1) is 20.4. The normalized spacial score (nSPS) is 15.8. The SMILES string of the molecule is CCNC(CC)C(=O)NC1C(=O)N(Cc2c(OC)ccc3c(Br)cccc23)c2ccccc2N(c2ccccc2)C1=O. The van der Waals surface area contributed by atoms with Gasteiger partial charge in [0.2, 0.25) is 5.91 Å². The fourth-order valence-electron chi connectivity index (χ4n) is 5.43. The van der Waals surface area contributed by atoms with Gasteiger partial charge in [-0.05, 0) is 66.2 Å². The Hall–Kier alpha value is -4.21. The van der Waals surface area contributed by atoms with Crippen LogP contribution < -0.4 is 25.2 Å². The molecule has 0 aliphatic carbocycles. The molecule has 0 aromatic heterocycles. The van der Waals surface area contributed by atoms with E-state index in [0.29, 0.717) is 35.8 Å². The largest absolute Gasteiger partial charge is 0.496 e. The van der Waals surface area contributed by atoms with Crippen molar-refractivity contribution >= 4 is 61.5 Å². The van der Waals surface area contributed by atoms with Crippen LogP contribution in [0.15, 0.2) is 89.4 Å². The molecule has 4 aromatic rings. The van der Waals surface area contributed by atoms with Crippen molar-refractivity contribution in [3.63, 3.8) is 0 Å².